The number of aromatic nitrogens is 3. The second-order valence-corrected chi connectivity index (χ2v) is 8.86. The van der Waals surface area contributed by atoms with E-state index in [0.29, 0.717) is 39.9 Å². The lowest BCUT2D eigenvalue weighted by Crippen LogP contribution is -2.37. The number of benzene rings is 1. The van der Waals surface area contributed by atoms with E-state index in [0.717, 1.165) is 12.8 Å². The van der Waals surface area contributed by atoms with Crippen molar-refractivity contribution in [3.63, 3.8) is 0 Å². The molecular formula is C21H28ClN5O2S. The standard InChI is InChI=1S/C21H28ClN5O2S/c1-3-27-19(14(2)23-20(29)15-9-11-16(22)12-10-15)25-26-21(27)30-13-18(28)24-17-7-5-4-6-8-17/h9-12,14,17H,3-8,13H2,1-2H3,(H,23,29)(H,24,28)/t14-/m0/s1. The molecular weight excluding hydrogens is 422 g/mol. The monoisotopic (exact) mass is 449 g/mol. The van der Waals surface area contributed by atoms with Gasteiger partial charge in [-0.1, -0.05) is 42.6 Å². The minimum Gasteiger partial charge on any atom is -0.353 e. The third-order valence-electron chi connectivity index (χ3n) is 5.21. The Morgan fingerprint density at radius 3 is 2.57 bits per heavy atom. The van der Waals surface area contributed by atoms with Gasteiger partial charge in [-0.3, -0.25) is 9.59 Å². The van der Waals surface area contributed by atoms with E-state index in [2.05, 4.69) is 20.8 Å². The van der Waals surface area contributed by atoms with E-state index in [1.54, 1.807) is 24.3 Å². The van der Waals surface area contributed by atoms with Crippen LogP contribution in [-0.2, 0) is 11.3 Å². The van der Waals surface area contributed by atoms with Crippen LogP contribution in [0.2, 0.25) is 5.02 Å². The van der Waals surface area contributed by atoms with Gasteiger partial charge in [0.1, 0.15) is 0 Å². The highest BCUT2D eigenvalue weighted by Crippen LogP contribution is 2.22. The number of hydrogen-bond donors (Lipinski definition) is 2. The zero-order valence-corrected chi connectivity index (χ0v) is 18.9. The van der Waals surface area contributed by atoms with Gasteiger partial charge in [0.25, 0.3) is 5.91 Å². The van der Waals surface area contributed by atoms with E-state index in [4.69, 9.17) is 11.6 Å². The molecule has 1 atom stereocenters. The maximum absolute atomic E-state index is 12.5. The molecule has 1 aliphatic rings. The van der Waals surface area contributed by atoms with Crippen LogP contribution in [0.1, 0.15) is 68.2 Å². The van der Waals surface area contributed by atoms with Crippen LogP contribution in [0.5, 0.6) is 0 Å². The Morgan fingerprint density at radius 1 is 1.20 bits per heavy atom. The molecule has 3 rings (SSSR count). The summed E-state index contributed by atoms with van der Waals surface area (Å²) in [6.07, 6.45) is 5.76. The summed E-state index contributed by atoms with van der Waals surface area (Å²) < 4.78 is 1.94. The fourth-order valence-electron chi connectivity index (χ4n) is 3.62. The van der Waals surface area contributed by atoms with Gasteiger partial charge in [-0.15, -0.1) is 10.2 Å². The van der Waals surface area contributed by atoms with Gasteiger partial charge in [-0.25, -0.2) is 0 Å². The molecule has 2 amide bonds. The van der Waals surface area contributed by atoms with E-state index >= 15 is 0 Å². The number of nitrogens with zero attached hydrogens (tertiary/aromatic N) is 3. The molecule has 0 unspecified atom stereocenters. The maximum Gasteiger partial charge on any atom is 0.251 e. The Labute approximate surface area is 186 Å². The highest BCUT2D eigenvalue weighted by Gasteiger charge is 2.21. The van der Waals surface area contributed by atoms with Gasteiger partial charge in [0.05, 0.1) is 11.8 Å². The van der Waals surface area contributed by atoms with Crippen molar-refractivity contribution >= 4 is 35.2 Å². The van der Waals surface area contributed by atoms with Gasteiger partial charge in [0.15, 0.2) is 11.0 Å². The second kappa shape index (κ2) is 10.8. The third kappa shape index (κ3) is 5.98. The van der Waals surface area contributed by atoms with Crippen LogP contribution < -0.4 is 10.6 Å². The van der Waals surface area contributed by atoms with Crippen molar-refractivity contribution in [3.05, 3.63) is 40.7 Å². The summed E-state index contributed by atoms with van der Waals surface area (Å²) in [5, 5.41) is 15.8. The highest BCUT2D eigenvalue weighted by atomic mass is 35.5. The second-order valence-electron chi connectivity index (χ2n) is 7.48. The molecule has 7 nitrogen and oxygen atoms in total. The van der Waals surface area contributed by atoms with Gasteiger partial charge in [0.2, 0.25) is 5.91 Å². The number of carbonyl (C=O) groups excluding carboxylic acids is 2. The van der Waals surface area contributed by atoms with Crippen LogP contribution in [-0.4, -0.2) is 38.4 Å². The predicted molar refractivity (Wildman–Crippen MR) is 119 cm³/mol. The van der Waals surface area contributed by atoms with Crippen molar-refractivity contribution in [2.75, 3.05) is 5.75 Å². The molecule has 9 heteroatoms. The lowest BCUT2D eigenvalue weighted by molar-refractivity contribution is -0.119. The van der Waals surface area contributed by atoms with Crippen LogP contribution in [0, 0.1) is 0 Å². The fourth-order valence-corrected chi connectivity index (χ4v) is 4.56. The Hall–Kier alpha value is -2.06. The summed E-state index contributed by atoms with van der Waals surface area (Å²) in [4.78, 5) is 24.8. The van der Waals surface area contributed by atoms with Gasteiger partial charge in [0, 0.05) is 23.2 Å². The predicted octanol–water partition coefficient (Wildman–Crippen LogP) is 3.98. The normalized spacial score (nSPS) is 15.6. The molecule has 1 aromatic heterocycles. The van der Waals surface area contributed by atoms with Crippen LogP contribution in [0.25, 0.3) is 0 Å². The Morgan fingerprint density at radius 2 is 1.90 bits per heavy atom. The molecule has 0 spiro atoms. The van der Waals surface area contributed by atoms with Crippen molar-refractivity contribution < 1.29 is 9.59 Å². The number of thioether (sulfide) groups is 1. The van der Waals surface area contributed by atoms with Gasteiger partial charge >= 0.3 is 0 Å². The first-order valence-electron chi connectivity index (χ1n) is 10.4. The first-order chi connectivity index (χ1) is 14.5. The summed E-state index contributed by atoms with van der Waals surface area (Å²) in [5.74, 6) is 0.796. The van der Waals surface area contributed by atoms with Crippen molar-refractivity contribution in [3.8, 4) is 0 Å². The maximum atomic E-state index is 12.5. The van der Waals surface area contributed by atoms with Gasteiger partial charge < -0.3 is 15.2 Å². The van der Waals surface area contributed by atoms with Crippen LogP contribution in [0.3, 0.4) is 0 Å². The van der Waals surface area contributed by atoms with Crippen molar-refractivity contribution in [1.29, 1.82) is 0 Å². The van der Waals surface area contributed by atoms with E-state index in [1.165, 1.54) is 31.0 Å². The quantitative estimate of drug-likeness (QED) is 0.595. The first-order valence-corrected chi connectivity index (χ1v) is 11.8. The average Bonchev–Trinajstić information content (AvgIpc) is 3.16. The molecule has 1 fully saturated rings. The van der Waals surface area contributed by atoms with E-state index < -0.39 is 0 Å². The Balaban J connectivity index is 1.57. The van der Waals surface area contributed by atoms with Crippen molar-refractivity contribution in [1.82, 2.24) is 25.4 Å². The number of halogens is 1. The van der Waals surface area contributed by atoms with Crippen LogP contribution in [0.4, 0.5) is 0 Å². The molecule has 0 aliphatic heterocycles. The molecule has 0 saturated heterocycles. The first kappa shape index (κ1) is 22.6. The molecule has 0 bridgehead atoms. The van der Waals surface area contributed by atoms with Crippen molar-refractivity contribution in [2.24, 2.45) is 0 Å². The summed E-state index contributed by atoms with van der Waals surface area (Å²) >= 11 is 7.26. The number of amides is 2. The molecule has 2 aromatic rings. The van der Waals surface area contributed by atoms with Gasteiger partial charge in [-0.05, 0) is 51.0 Å². The van der Waals surface area contributed by atoms with E-state index in [-0.39, 0.29) is 17.9 Å². The highest BCUT2D eigenvalue weighted by molar-refractivity contribution is 7.99. The molecule has 1 aliphatic carbocycles. The van der Waals surface area contributed by atoms with E-state index in [1.807, 2.05) is 18.4 Å². The van der Waals surface area contributed by atoms with E-state index in [9.17, 15) is 9.59 Å². The number of hydrogen-bond acceptors (Lipinski definition) is 5. The molecule has 1 saturated carbocycles. The topological polar surface area (TPSA) is 88.9 Å². The minimum atomic E-state index is -0.328. The minimum absolute atomic E-state index is 0.0307. The summed E-state index contributed by atoms with van der Waals surface area (Å²) in [5.41, 5.74) is 0.530. The zero-order chi connectivity index (χ0) is 21.5. The molecule has 30 heavy (non-hydrogen) atoms. The zero-order valence-electron chi connectivity index (χ0n) is 17.4. The molecule has 2 N–H and O–H groups in total. The Kier molecular flexibility index (Phi) is 8.16. The number of nitrogens with one attached hydrogen (secondary N) is 2. The molecule has 1 heterocycles. The lowest BCUT2D eigenvalue weighted by atomic mass is 9.95. The van der Waals surface area contributed by atoms with Crippen LogP contribution >= 0.6 is 23.4 Å². The van der Waals surface area contributed by atoms with Crippen LogP contribution in [0.15, 0.2) is 29.4 Å². The van der Waals surface area contributed by atoms with Gasteiger partial charge in [-0.2, -0.15) is 0 Å². The smallest absolute Gasteiger partial charge is 0.251 e. The SMILES string of the molecule is CCn1c(SCC(=O)NC2CCCCC2)nnc1[C@H](C)NC(=O)c1ccc(Cl)cc1. The molecule has 162 valence electrons. The number of carbonyl (C=O) groups is 2. The Bertz CT molecular complexity index is 865. The summed E-state index contributed by atoms with van der Waals surface area (Å²) in [6.45, 7) is 4.51. The largest absolute Gasteiger partial charge is 0.353 e. The summed E-state index contributed by atoms with van der Waals surface area (Å²) in [6, 6.07) is 6.70. The fraction of sp³-hybridized carbons (Fsp3) is 0.524. The molecule has 0 radical (unpaired) electrons. The molecule has 1 aromatic carbocycles. The number of rotatable bonds is 8. The third-order valence-corrected chi connectivity index (χ3v) is 6.42. The van der Waals surface area contributed by atoms with Crippen molar-refractivity contribution in [2.45, 2.75) is 69.7 Å². The summed E-state index contributed by atoms with van der Waals surface area (Å²) in [7, 11) is 0. The average molecular weight is 450 g/mol. The lowest BCUT2D eigenvalue weighted by Gasteiger charge is -2.22.